The molecule has 3 N–H and O–H groups in total. The molecule has 8 nitrogen and oxygen atoms in total. The lowest BCUT2D eigenvalue weighted by Crippen LogP contribution is -2.41. The second-order valence-corrected chi connectivity index (χ2v) is 8.63. The molecule has 0 spiro atoms. The van der Waals surface area contributed by atoms with Crippen molar-refractivity contribution < 1.29 is 5.11 Å². The van der Waals surface area contributed by atoms with Crippen LogP contribution in [-0.4, -0.2) is 57.2 Å². The first kappa shape index (κ1) is 20.5. The molecule has 0 unspecified atom stereocenters. The van der Waals surface area contributed by atoms with Gasteiger partial charge in [0.15, 0.2) is 5.13 Å². The maximum atomic E-state index is 10.6. The maximum absolute atomic E-state index is 10.6. The van der Waals surface area contributed by atoms with E-state index in [9.17, 15) is 5.11 Å². The van der Waals surface area contributed by atoms with Crippen molar-refractivity contribution in [3.8, 4) is 16.9 Å². The third-order valence-corrected chi connectivity index (χ3v) is 6.68. The summed E-state index contributed by atoms with van der Waals surface area (Å²) in [6, 6.07) is 2.20. The van der Waals surface area contributed by atoms with E-state index in [1.54, 1.807) is 29.8 Å². The van der Waals surface area contributed by atoms with Crippen LogP contribution in [0.3, 0.4) is 0 Å². The zero-order valence-electron chi connectivity index (χ0n) is 17.7. The molecular formula is C21H27N7OS. The van der Waals surface area contributed by atoms with Crippen LogP contribution in [-0.2, 0) is 0 Å². The number of hydrogen-bond donors (Lipinski definition) is 3. The van der Waals surface area contributed by atoms with Crippen LogP contribution in [0.25, 0.3) is 11.1 Å². The number of hydrogen-bond acceptors (Lipinski definition) is 8. The number of pyridine rings is 1. The summed E-state index contributed by atoms with van der Waals surface area (Å²) in [6.07, 6.45) is 5.70. The summed E-state index contributed by atoms with van der Waals surface area (Å²) in [4.78, 5) is 16.2. The predicted octanol–water partition coefficient (Wildman–Crippen LogP) is 3.58. The molecule has 0 aromatic carbocycles. The number of nitrogens with one attached hydrogen (secondary N) is 2. The van der Waals surface area contributed by atoms with Crippen molar-refractivity contribution in [1.29, 1.82) is 0 Å². The lowest BCUT2D eigenvalue weighted by atomic mass is 10.1. The third-order valence-electron chi connectivity index (χ3n) is 5.54. The highest BCUT2D eigenvalue weighted by molar-refractivity contribution is 7.19. The van der Waals surface area contributed by atoms with E-state index < -0.39 is 0 Å². The Hall–Kier alpha value is -2.78. The monoisotopic (exact) mass is 425 g/mol. The fraction of sp³-hybridized carbons (Fsp3) is 0.429. The molecule has 1 aliphatic heterocycles. The molecule has 1 aliphatic rings. The van der Waals surface area contributed by atoms with E-state index in [4.69, 9.17) is 9.98 Å². The van der Waals surface area contributed by atoms with Gasteiger partial charge in [-0.05, 0) is 52.8 Å². The van der Waals surface area contributed by atoms with Crippen LogP contribution >= 0.6 is 11.3 Å². The second-order valence-electron chi connectivity index (χ2n) is 7.68. The van der Waals surface area contributed by atoms with E-state index in [1.807, 2.05) is 20.8 Å². The number of aryl methyl sites for hydroxylation is 2. The summed E-state index contributed by atoms with van der Waals surface area (Å²) in [7, 11) is 2.11. The van der Waals surface area contributed by atoms with Crippen molar-refractivity contribution in [3.05, 3.63) is 35.5 Å². The number of thiazole rings is 1. The Kier molecular flexibility index (Phi) is 5.83. The Labute approximate surface area is 180 Å². The van der Waals surface area contributed by atoms with Gasteiger partial charge >= 0.3 is 0 Å². The van der Waals surface area contributed by atoms with Crippen molar-refractivity contribution in [2.45, 2.75) is 39.7 Å². The Balaban J connectivity index is 1.57. The fourth-order valence-electron chi connectivity index (χ4n) is 3.71. The highest BCUT2D eigenvalue weighted by Gasteiger charge is 2.21. The molecule has 0 saturated carbocycles. The number of aliphatic imine (C=N–C) groups is 1. The van der Waals surface area contributed by atoms with E-state index in [0.29, 0.717) is 17.4 Å². The van der Waals surface area contributed by atoms with E-state index in [2.05, 4.69) is 32.4 Å². The first-order valence-electron chi connectivity index (χ1n) is 10.1. The van der Waals surface area contributed by atoms with E-state index >= 15 is 0 Å². The molecule has 9 heteroatoms. The van der Waals surface area contributed by atoms with Crippen molar-refractivity contribution in [2.24, 2.45) is 4.99 Å². The summed E-state index contributed by atoms with van der Waals surface area (Å²) in [5.74, 6) is 0.101. The number of aromatic hydroxyl groups is 1. The van der Waals surface area contributed by atoms with Gasteiger partial charge in [0.05, 0.1) is 17.6 Å². The van der Waals surface area contributed by atoms with Gasteiger partial charge in [0.2, 0.25) is 0 Å². The average Bonchev–Trinajstić information content (AvgIpc) is 3.33. The first-order valence-corrected chi connectivity index (χ1v) is 10.9. The molecule has 3 aromatic heterocycles. The lowest BCUT2D eigenvalue weighted by Gasteiger charge is -2.31. The molecule has 1 fully saturated rings. The molecule has 0 aliphatic carbocycles. The van der Waals surface area contributed by atoms with Gasteiger partial charge in [-0.2, -0.15) is 5.10 Å². The quantitative estimate of drug-likeness (QED) is 0.540. The SMILES string of the molecule is C/C(=N\c1sc(N(C)C2CCNCC2)nc1C)c1ncc(-c2cn[nH]c2C)cc1O. The highest BCUT2D eigenvalue weighted by Crippen LogP contribution is 2.35. The first-order chi connectivity index (χ1) is 14.4. The summed E-state index contributed by atoms with van der Waals surface area (Å²) >= 11 is 1.58. The largest absolute Gasteiger partial charge is 0.506 e. The van der Waals surface area contributed by atoms with Gasteiger partial charge in [0, 0.05) is 36.1 Å². The smallest absolute Gasteiger partial charge is 0.187 e. The Bertz CT molecular complexity index is 1070. The fourth-order valence-corrected chi connectivity index (χ4v) is 4.73. The molecule has 4 heterocycles. The zero-order chi connectivity index (χ0) is 21.3. The van der Waals surface area contributed by atoms with E-state index in [-0.39, 0.29) is 5.75 Å². The van der Waals surface area contributed by atoms with E-state index in [1.165, 1.54) is 0 Å². The molecule has 3 aromatic rings. The minimum atomic E-state index is 0.101. The van der Waals surface area contributed by atoms with Crippen molar-refractivity contribution in [3.63, 3.8) is 0 Å². The predicted molar refractivity (Wildman–Crippen MR) is 121 cm³/mol. The Morgan fingerprint density at radius 2 is 2.03 bits per heavy atom. The highest BCUT2D eigenvalue weighted by atomic mass is 32.1. The molecule has 0 atom stereocenters. The number of nitrogens with zero attached hydrogens (tertiary/aromatic N) is 5. The Morgan fingerprint density at radius 1 is 1.27 bits per heavy atom. The number of piperidine rings is 1. The maximum Gasteiger partial charge on any atom is 0.187 e. The minimum absolute atomic E-state index is 0.101. The Morgan fingerprint density at radius 3 is 2.70 bits per heavy atom. The van der Waals surface area contributed by atoms with Crippen LogP contribution in [0.15, 0.2) is 23.5 Å². The summed E-state index contributed by atoms with van der Waals surface area (Å²) in [5.41, 5.74) is 4.69. The third kappa shape index (κ3) is 4.08. The molecular weight excluding hydrogens is 398 g/mol. The van der Waals surface area contributed by atoms with Gasteiger partial charge in [-0.15, -0.1) is 0 Å². The zero-order valence-corrected chi connectivity index (χ0v) is 18.5. The van der Waals surface area contributed by atoms with Gasteiger partial charge in [0.25, 0.3) is 0 Å². The number of aromatic amines is 1. The normalized spacial score (nSPS) is 15.5. The van der Waals surface area contributed by atoms with Gasteiger partial charge in [-0.1, -0.05) is 11.3 Å². The molecule has 1 saturated heterocycles. The van der Waals surface area contributed by atoms with Crippen LogP contribution < -0.4 is 10.2 Å². The van der Waals surface area contributed by atoms with Gasteiger partial charge in [-0.25, -0.2) is 9.98 Å². The minimum Gasteiger partial charge on any atom is -0.506 e. The molecule has 4 rings (SSSR count). The molecule has 0 bridgehead atoms. The van der Waals surface area contributed by atoms with Crippen molar-refractivity contribution in [2.75, 3.05) is 25.0 Å². The van der Waals surface area contributed by atoms with Crippen LogP contribution in [0.5, 0.6) is 5.75 Å². The average molecular weight is 426 g/mol. The number of H-pyrrole nitrogens is 1. The van der Waals surface area contributed by atoms with Crippen molar-refractivity contribution in [1.82, 2.24) is 25.5 Å². The summed E-state index contributed by atoms with van der Waals surface area (Å²) in [5, 5.41) is 22.7. The standard InChI is InChI=1S/C21H27N7OS/c1-12-17(11-24-27-12)15-9-18(29)19(23-10-15)13(2)25-20-14(3)26-21(30-20)28(4)16-5-7-22-8-6-16/h9-11,16,22,29H,5-8H2,1-4H3,(H,24,27)/b25-13+. The molecule has 158 valence electrons. The second kappa shape index (κ2) is 8.53. The van der Waals surface area contributed by atoms with Crippen LogP contribution in [0.4, 0.5) is 10.1 Å². The van der Waals surface area contributed by atoms with Gasteiger partial charge < -0.3 is 15.3 Å². The summed E-state index contributed by atoms with van der Waals surface area (Å²) < 4.78 is 0. The molecule has 0 amide bonds. The topological polar surface area (TPSA) is 102 Å². The number of rotatable bonds is 5. The number of anilines is 1. The van der Waals surface area contributed by atoms with Crippen LogP contribution in [0.2, 0.25) is 0 Å². The van der Waals surface area contributed by atoms with Crippen molar-refractivity contribution >= 4 is 27.2 Å². The molecule has 0 radical (unpaired) electrons. The van der Waals surface area contributed by atoms with Gasteiger partial charge in [0.1, 0.15) is 16.4 Å². The number of aromatic nitrogens is 4. The lowest BCUT2D eigenvalue weighted by molar-refractivity contribution is 0.443. The van der Waals surface area contributed by atoms with Crippen LogP contribution in [0, 0.1) is 13.8 Å². The molecule has 30 heavy (non-hydrogen) atoms. The van der Waals surface area contributed by atoms with Crippen LogP contribution in [0.1, 0.15) is 36.8 Å². The summed E-state index contributed by atoms with van der Waals surface area (Å²) in [6.45, 7) is 7.86. The van der Waals surface area contributed by atoms with E-state index in [0.717, 1.165) is 58.6 Å². The van der Waals surface area contributed by atoms with Gasteiger partial charge in [-0.3, -0.25) is 10.1 Å².